The molecule has 2 N–H and O–H groups in total. The predicted octanol–water partition coefficient (Wildman–Crippen LogP) is 3.61. The van der Waals surface area contributed by atoms with Gasteiger partial charge in [0.2, 0.25) is 0 Å². The van der Waals surface area contributed by atoms with Crippen LogP contribution in [-0.4, -0.2) is 25.3 Å². The van der Waals surface area contributed by atoms with Gasteiger partial charge in [-0.05, 0) is 36.5 Å². The van der Waals surface area contributed by atoms with Crippen LogP contribution in [0.2, 0.25) is 0 Å². The summed E-state index contributed by atoms with van der Waals surface area (Å²) in [5, 5.41) is 0. The van der Waals surface area contributed by atoms with Crippen molar-refractivity contribution in [2.45, 2.75) is 57.0 Å². The fourth-order valence-electron chi connectivity index (χ4n) is 3.34. The largest absolute Gasteiger partial charge is 0.490 e. The number of amidine groups is 1. The van der Waals surface area contributed by atoms with Crippen LogP contribution in [0, 0.1) is 0 Å². The molecular weight excluding hydrogens is 276 g/mol. The molecule has 1 aromatic rings. The van der Waals surface area contributed by atoms with Crippen LogP contribution in [0.5, 0.6) is 5.75 Å². The Bertz CT molecular complexity index is 490. The van der Waals surface area contributed by atoms with Gasteiger partial charge in [-0.25, -0.2) is 4.99 Å². The highest BCUT2D eigenvalue weighted by atomic mass is 16.5. The first-order chi connectivity index (χ1) is 10.8. The smallest absolute Gasteiger partial charge is 0.282 e. The van der Waals surface area contributed by atoms with Crippen LogP contribution in [0.4, 0.5) is 0 Å². The summed E-state index contributed by atoms with van der Waals surface area (Å²) in [5.74, 6) is 1.62. The lowest BCUT2D eigenvalue weighted by Crippen LogP contribution is -2.24. The molecule has 3 rings (SSSR count). The molecule has 0 saturated heterocycles. The second kappa shape index (κ2) is 7.52. The number of rotatable bonds is 4. The zero-order valence-electron chi connectivity index (χ0n) is 13.2. The molecule has 4 nitrogen and oxygen atoms in total. The van der Waals surface area contributed by atoms with E-state index in [0.717, 1.165) is 11.7 Å². The van der Waals surface area contributed by atoms with Gasteiger partial charge in [0, 0.05) is 0 Å². The van der Waals surface area contributed by atoms with Crippen molar-refractivity contribution in [3.05, 3.63) is 29.8 Å². The van der Waals surface area contributed by atoms with E-state index >= 15 is 0 Å². The van der Waals surface area contributed by atoms with Crippen molar-refractivity contribution < 1.29 is 9.47 Å². The minimum absolute atomic E-state index is 0.0507. The highest BCUT2D eigenvalue weighted by Crippen LogP contribution is 2.31. The molecule has 1 atom stereocenters. The summed E-state index contributed by atoms with van der Waals surface area (Å²) < 4.78 is 11.1. The lowest BCUT2D eigenvalue weighted by atomic mass is 9.86. The molecule has 1 fully saturated rings. The SMILES string of the molecule is NC1=NCC(COc2ccc(C3CCCCCCC3)cc2)O1. The average Bonchev–Trinajstić information content (AvgIpc) is 2.91. The Labute approximate surface area is 132 Å². The minimum atomic E-state index is -0.0507. The van der Waals surface area contributed by atoms with Gasteiger partial charge in [0.25, 0.3) is 6.02 Å². The van der Waals surface area contributed by atoms with E-state index in [-0.39, 0.29) is 12.1 Å². The summed E-state index contributed by atoms with van der Waals surface area (Å²) in [6.45, 7) is 1.08. The molecule has 0 radical (unpaired) electrons. The summed E-state index contributed by atoms with van der Waals surface area (Å²) in [5.41, 5.74) is 6.95. The van der Waals surface area contributed by atoms with E-state index in [1.807, 2.05) is 0 Å². The van der Waals surface area contributed by atoms with Crippen molar-refractivity contribution in [1.29, 1.82) is 0 Å². The third-order valence-corrected chi connectivity index (χ3v) is 4.63. The number of ether oxygens (including phenoxy) is 2. The number of nitrogens with two attached hydrogens (primary N) is 1. The van der Waals surface area contributed by atoms with Crippen molar-refractivity contribution in [3.63, 3.8) is 0 Å². The Morgan fingerprint density at radius 3 is 2.36 bits per heavy atom. The van der Waals surface area contributed by atoms with Gasteiger partial charge in [0.05, 0.1) is 6.54 Å². The average molecular weight is 302 g/mol. The van der Waals surface area contributed by atoms with Gasteiger partial charge in [0.1, 0.15) is 12.4 Å². The highest BCUT2D eigenvalue weighted by molar-refractivity contribution is 5.73. The molecule has 1 aromatic carbocycles. The fourth-order valence-corrected chi connectivity index (χ4v) is 3.34. The molecule has 0 aromatic heterocycles. The van der Waals surface area contributed by atoms with Crippen LogP contribution < -0.4 is 10.5 Å². The minimum Gasteiger partial charge on any atom is -0.490 e. The molecule has 120 valence electrons. The maximum atomic E-state index is 5.77. The van der Waals surface area contributed by atoms with Crippen LogP contribution in [0.25, 0.3) is 0 Å². The van der Waals surface area contributed by atoms with E-state index in [9.17, 15) is 0 Å². The topological polar surface area (TPSA) is 56.8 Å². The normalized spacial score (nSPS) is 23.3. The van der Waals surface area contributed by atoms with Gasteiger partial charge in [-0.15, -0.1) is 0 Å². The zero-order chi connectivity index (χ0) is 15.2. The van der Waals surface area contributed by atoms with E-state index < -0.39 is 0 Å². The Balaban J connectivity index is 1.51. The standard InChI is InChI=1S/C18H26N2O2/c19-18-20-12-17(22-18)13-21-16-10-8-15(9-11-16)14-6-4-2-1-3-5-7-14/h8-11,14,17H,1-7,12-13H2,(H2,19,20). The summed E-state index contributed by atoms with van der Waals surface area (Å²) in [6, 6.07) is 8.87. The number of hydrogen-bond donors (Lipinski definition) is 1. The van der Waals surface area contributed by atoms with Crippen LogP contribution in [0.15, 0.2) is 29.3 Å². The highest BCUT2D eigenvalue weighted by Gasteiger charge is 2.18. The molecule has 1 aliphatic heterocycles. The molecule has 0 bridgehead atoms. The Kier molecular flexibility index (Phi) is 5.20. The van der Waals surface area contributed by atoms with E-state index in [2.05, 4.69) is 29.3 Å². The Morgan fingerprint density at radius 1 is 1.05 bits per heavy atom. The third-order valence-electron chi connectivity index (χ3n) is 4.63. The molecular formula is C18H26N2O2. The summed E-state index contributed by atoms with van der Waals surface area (Å²) in [7, 11) is 0. The van der Waals surface area contributed by atoms with Crippen molar-refractivity contribution in [1.82, 2.24) is 0 Å². The second-order valence-corrected chi connectivity index (χ2v) is 6.34. The van der Waals surface area contributed by atoms with E-state index in [1.54, 1.807) is 0 Å². The van der Waals surface area contributed by atoms with Gasteiger partial charge < -0.3 is 15.2 Å². The molecule has 2 aliphatic rings. The van der Waals surface area contributed by atoms with Gasteiger partial charge in [-0.2, -0.15) is 0 Å². The molecule has 0 spiro atoms. The van der Waals surface area contributed by atoms with Crippen LogP contribution in [-0.2, 0) is 4.74 Å². The van der Waals surface area contributed by atoms with Gasteiger partial charge in [0.15, 0.2) is 6.10 Å². The molecule has 0 amide bonds. The zero-order valence-corrected chi connectivity index (χ0v) is 13.2. The first kappa shape index (κ1) is 15.2. The summed E-state index contributed by atoms with van der Waals surface area (Å²) in [6.07, 6.45) is 9.53. The monoisotopic (exact) mass is 302 g/mol. The third kappa shape index (κ3) is 4.15. The molecule has 1 heterocycles. The molecule has 4 heteroatoms. The van der Waals surface area contributed by atoms with Crippen molar-refractivity contribution >= 4 is 6.02 Å². The first-order valence-corrected chi connectivity index (χ1v) is 8.50. The van der Waals surface area contributed by atoms with E-state index in [0.29, 0.717) is 13.2 Å². The number of hydrogen-bond acceptors (Lipinski definition) is 4. The number of aliphatic imine (C=N–C) groups is 1. The summed E-state index contributed by atoms with van der Waals surface area (Å²) in [4.78, 5) is 4.01. The van der Waals surface area contributed by atoms with Crippen molar-refractivity contribution in [3.8, 4) is 5.75 Å². The molecule has 1 aliphatic carbocycles. The van der Waals surface area contributed by atoms with E-state index in [4.69, 9.17) is 15.2 Å². The fraction of sp³-hybridized carbons (Fsp3) is 0.611. The molecule has 1 saturated carbocycles. The quantitative estimate of drug-likeness (QED) is 0.924. The van der Waals surface area contributed by atoms with Crippen LogP contribution in [0.3, 0.4) is 0 Å². The van der Waals surface area contributed by atoms with Crippen molar-refractivity contribution in [2.24, 2.45) is 10.7 Å². The number of nitrogens with zero attached hydrogens (tertiary/aromatic N) is 1. The van der Waals surface area contributed by atoms with Gasteiger partial charge in [-0.1, -0.05) is 44.2 Å². The Hall–Kier alpha value is -1.71. The maximum Gasteiger partial charge on any atom is 0.282 e. The Morgan fingerprint density at radius 2 is 1.73 bits per heavy atom. The first-order valence-electron chi connectivity index (χ1n) is 8.50. The van der Waals surface area contributed by atoms with Gasteiger partial charge in [-0.3, -0.25) is 0 Å². The van der Waals surface area contributed by atoms with Crippen molar-refractivity contribution in [2.75, 3.05) is 13.2 Å². The van der Waals surface area contributed by atoms with Gasteiger partial charge >= 0.3 is 0 Å². The number of benzene rings is 1. The lowest BCUT2D eigenvalue weighted by Gasteiger charge is -2.20. The summed E-state index contributed by atoms with van der Waals surface area (Å²) >= 11 is 0. The molecule has 22 heavy (non-hydrogen) atoms. The lowest BCUT2D eigenvalue weighted by molar-refractivity contribution is 0.141. The second-order valence-electron chi connectivity index (χ2n) is 6.34. The maximum absolute atomic E-state index is 5.77. The predicted molar refractivity (Wildman–Crippen MR) is 88.4 cm³/mol. The molecule has 1 unspecified atom stereocenters. The van der Waals surface area contributed by atoms with Crippen LogP contribution >= 0.6 is 0 Å². The van der Waals surface area contributed by atoms with Crippen LogP contribution in [0.1, 0.15) is 56.4 Å². The van der Waals surface area contributed by atoms with E-state index in [1.165, 1.54) is 50.5 Å².